The predicted octanol–water partition coefficient (Wildman–Crippen LogP) is 2.40. The molecule has 102 valence electrons. The molecule has 2 rings (SSSR count). The molecule has 0 aliphatic carbocycles. The van der Waals surface area contributed by atoms with E-state index in [1.807, 2.05) is 35.7 Å². The summed E-state index contributed by atoms with van der Waals surface area (Å²) in [7, 11) is 0. The van der Waals surface area contributed by atoms with E-state index in [0.717, 1.165) is 28.5 Å². The van der Waals surface area contributed by atoms with Crippen molar-refractivity contribution in [3.05, 3.63) is 35.8 Å². The Bertz CT molecular complexity index is 565. The van der Waals surface area contributed by atoms with Crippen LogP contribution in [-0.4, -0.2) is 26.8 Å². The van der Waals surface area contributed by atoms with E-state index in [2.05, 4.69) is 17.2 Å². The lowest BCUT2D eigenvalue weighted by Gasteiger charge is -2.02. The van der Waals surface area contributed by atoms with Gasteiger partial charge in [0.1, 0.15) is 5.65 Å². The normalized spacial score (nSPS) is 10.8. The van der Waals surface area contributed by atoms with Gasteiger partial charge in [0.05, 0.1) is 12.2 Å². The molecule has 2 aromatic rings. The van der Waals surface area contributed by atoms with Crippen LogP contribution >= 0.6 is 11.8 Å². The second kappa shape index (κ2) is 6.61. The molecule has 5 heteroatoms. The first-order valence-electron chi connectivity index (χ1n) is 6.48. The Balaban J connectivity index is 1.91. The largest absolute Gasteiger partial charge is 0.350 e. The highest BCUT2D eigenvalue weighted by Crippen LogP contribution is 2.08. The summed E-state index contributed by atoms with van der Waals surface area (Å²) >= 11 is 1.78. The highest BCUT2D eigenvalue weighted by atomic mass is 32.2. The van der Waals surface area contributed by atoms with Crippen LogP contribution in [0.1, 0.15) is 24.7 Å². The summed E-state index contributed by atoms with van der Waals surface area (Å²) in [6.07, 6.45) is 2.55. The standard InChI is InChI=1S/C14H19N3OS/c1-3-19-8-7-14(18)15-9-12-10-17-11(2)5-4-6-13(17)16-12/h4-6,10H,3,7-9H2,1-2H3,(H,15,18). The van der Waals surface area contributed by atoms with Gasteiger partial charge in [0.25, 0.3) is 0 Å². The van der Waals surface area contributed by atoms with Gasteiger partial charge in [0.2, 0.25) is 5.91 Å². The highest BCUT2D eigenvalue weighted by molar-refractivity contribution is 7.99. The van der Waals surface area contributed by atoms with Gasteiger partial charge in [0.15, 0.2) is 0 Å². The molecule has 1 N–H and O–H groups in total. The highest BCUT2D eigenvalue weighted by Gasteiger charge is 2.05. The molecular weight excluding hydrogens is 258 g/mol. The first-order valence-corrected chi connectivity index (χ1v) is 7.64. The molecule has 0 fully saturated rings. The molecule has 2 aromatic heterocycles. The number of nitrogens with zero attached hydrogens (tertiary/aromatic N) is 2. The van der Waals surface area contributed by atoms with Gasteiger partial charge in [-0.15, -0.1) is 0 Å². The van der Waals surface area contributed by atoms with Crippen molar-refractivity contribution in [3.63, 3.8) is 0 Å². The zero-order valence-electron chi connectivity index (χ0n) is 11.3. The van der Waals surface area contributed by atoms with Gasteiger partial charge in [-0.25, -0.2) is 4.98 Å². The number of carbonyl (C=O) groups excluding carboxylic acids is 1. The Hall–Kier alpha value is -1.49. The van der Waals surface area contributed by atoms with Crippen LogP contribution in [0, 0.1) is 6.92 Å². The van der Waals surface area contributed by atoms with E-state index in [1.54, 1.807) is 11.8 Å². The van der Waals surface area contributed by atoms with Gasteiger partial charge in [-0.3, -0.25) is 4.79 Å². The SMILES string of the molecule is CCSCCC(=O)NCc1cn2c(C)cccc2n1. The molecule has 0 aliphatic rings. The number of hydrogen-bond acceptors (Lipinski definition) is 3. The second-order valence-corrected chi connectivity index (χ2v) is 5.75. The monoisotopic (exact) mass is 277 g/mol. The second-order valence-electron chi connectivity index (χ2n) is 4.35. The van der Waals surface area contributed by atoms with Crippen molar-refractivity contribution in [3.8, 4) is 0 Å². The van der Waals surface area contributed by atoms with Crippen LogP contribution < -0.4 is 5.32 Å². The predicted molar refractivity (Wildman–Crippen MR) is 79.4 cm³/mol. The molecule has 4 nitrogen and oxygen atoms in total. The van der Waals surface area contributed by atoms with E-state index in [9.17, 15) is 4.79 Å². The number of thioether (sulfide) groups is 1. The van der Waals surface area contributed by atoms with Gasteiger partial charge in [-0.05, 0) is 24.8 Å². The molecule has 0 unspecified atom stereocenters. The van der Waals surface area contributed by atoms with E-state index in [-0.39, 0.29) is 5.91 Å². The number of hydrogen-bond donors (Lipinski definition) is 1. The molecule has 0 aromatic carbocycles. The van der Waals surface area contributed by atoms with Crippen molar-refractivity contribution in [1.29, 1.82) is 0 Å². The fraction of sp³-hybridized carbons (Fsp3) is 0.429. The van der Waals surface area contributed by atoms with E-state index < -0.39 is 0 Å². The molecule has 0 saturated heterocycles. The lowest BCUT2D eigenvalue weighted by atomic mass is 10.4. The van der Waals surface area contributed by atoms with Gasteiger partial charge < -0.3 is 9.72 Å². The van der Waals surface area contributed by atoms with Crippen molar-refractivity contribution in [2.24, 2.45) is 0 Å². The Kier molecular flexibility index (Phi) is 4.85. The van der Waals surface area contributed by atoms with Crippen LogP contribution in [-0.2, 0) is 11.3 Å². The zero-order valence-corrected chi connectivity index (χ0v) is 12.2. The number of carbonyl (C=O) groups is 1. The van der Waals surface area contributed by atoms with E-state index >= 15 is 0 Å². The third kappa shape index (κ3) is 3.73. The van der Waals surface area contributed by atoms with Crippen molar-refractivity contribution >= 4 is 23.3 Å². The van der Waals surface area contributed by atoms with Gasteiger partial charge in [0, 0.05) is 24.1 Å². The summed E-state index contributed by atoms with van der Waals surface area (Å²) in [4.78, 5) is 16.1. The van der Waals surface area contributed by atoms with Gasteiger partial charge >= 0.3 is 0 Å². The lowest BCUT2D eigenvalue weighted by molar-refractivity contribution is -0.120. The fourth-order valence-corrected chi connectivity index (χ4v) is 2.49. The molecule has 0 atom stereocenters. The van der Waals surface area contributed by atoms with Crippen LogP contribution in [0.4, 0.5) is 0 Å². The van der Waals surface area contributed by atoms with Crippen molar-refractivity contribution < 1.29 is 4.79 Å². The summed E-state index contributed by atoms with van der Waals surface area (Å²) < 4.78 is 2.04. The number of nitrogens with one attached hydrogen (secondary N) is 1. The number of imidazole rings is 1. The third-order valence-electron chi connectivity index (χ3n) is 2.89. The molecule has 0 aliphatic heterocycles. The first kappa shape index (κ1) is 13.9. The number of pyridine rings is 1. The van der Waals surface area contributed by atoms with Crippen LogP contribution in [0.2, 0.25) is 0 Å². The minimum absolute atomic E-state index is 0.0923. The quantitative estimate of drug-likeness (QED) is 0.825. The molecule has 19 heavy (non-hydrogen) atoms. The Morgan fingerprint density at radius 2 is 2.32 bits per heavy atom. The minimum atomic E-state index is 0.0923. The number of aromatic nitrogens is 2. The number of rotatable bonds is 6. The maximum absolute atomic E-state index is 11.6. The molecule has 1 amide bonds. The summed E-state index contributed by atoms with van der Waals surface area (Å²) in [5.74, 6) is 2.03. The molecule has 0 spiro atoms. The van der Waals surface area contributed by atoms with Crippen molar-refractivity contribution in [1.82, 2.24) is 14.7 Å². The first-order chi connectivity index (χ1) is 9.20. The fourth-order valence-electron chi connectivity index (χ4n) is 1.87. The molecule has 0 bridgehead atoms. The lowest BCUT2D eigenvalue weighted by Crippen LogP contribution is -2.23. The van der Waals surface area contributed by atoms with Crippen LogP contribution in [0.25, 0.3) is 5.65 Å². The Morgan fingerprint density at radius 1 is 1.47 bits per heavy atom. The van der Waals surface area contributed by atoms with Crippen molar-refractivity contribution in [2.75, 3.05) is 11.5 Å². The average molecular weight is 277 g/mol. The maximum Gasteiger partial charge on any atom is 0.221 e. The number of amides is 1. The van der Waals surface area contributed by atoms with Gasteiger partial charge in [-0.2, -0.15) is 11.8 Å². The topological polar surface area (TPSA) is 46.4 Å². The number of fused-ring (bicyclic) bond motifs is 1. The summed E-state index contributed by atoms with van der Waals surface area (Å²) in [6, 6.07) is 6.00. The maximum atomic E-state index is 11.6. The van der Waals surface area contributed by atoms with Crippen LogP contribution in [0.3, 0.4) is 0 Å². The summed E-state index contributed by atoms with van der Waals surface area (Å²) in [5, 5.41) is 2.91. The van der Waals surface area contributed by atoms with Gasteiger partial charge in [-0.1, -0.05) is 13.0 Å². The van der Waals surface area contributed by atoms with Crippen molar-refractivity contribution in [2.45, 2.75) is 26.8 Å². The molecule has 2 heterocycles. The smallest absolute Gasteiger partial charge is 0.221 e. The Labute approximate surface area is 117 Å². The van der Waals surface area contributed by atoms with Crippen LogP contribution in [0.5, 0.6) is 0 Å². The van der Waals surface area contributed by atoms with E-state index in [0.29, 0.717) is 13.0 Å². The average Bonchev–Trinajstić information content (AvgIpc) is 2.81. The van der Waals surface area contributed by atoms with E-state index in [1.165, 1.54) is 0 Å². The summed E-state index contributed by atoms with van der Waals surface area (Å²) in [5.41, 5.74) is 2.96. The molecular formula is C14H19N3OS. The zero-order chi connectivity index (χ0) is 13.7. The summed E-state index contributed by atoms with van der Waals surface area (Å²) in [6.45, 7) is 4.64. The van der Waals surface area contributed by atoms with E-state index in [4.69, 9.17) is 0 Å². The number of aryl methyl sites for hydroxylation is 1. The Morgan fingerprint density at radius 3 is 3.05 bits per heavy atom. The minimum Gasteiger partial charge on any atom is -0.350 e. The molecule has 0 saturated carbocycles. The van der Waals surface area contributed by atoms with Crippen LogP contribution in [0.15, 0.2) is 24.4 Å². The molecule has 0 radical (unpaired) electrons. The third-order valence-corrected chi connectivity index (χ3v) is 3.79.